The first-order valence-electron chi connectivity index (χ1n) is 10.6. The van der Waals surface area contributed by atoms with E-state index in [1.165, 1.54) is 12.8 Å². The highest BCUT2D eigenvalue weighted by atomic mass is 32.2. The van der Waals surface area contributed by atoms with E-state index in [2.05, 4.69) is 26.7 Å². The number of rotatable bonds is 5. The molecule has 0 bridgehead atoms. The molecule has 6 nitrogen and oxygen atoms in total. The molecule has 1 aliphatic heterocycles. The largest absolute Gasteiger partial charge is 0.355 e. The molecule has 4 rings (SSSR count). The third-order valence-electron chi connectivity index (χ3n) is 5.81. The Kier molecular flexibility index (Phi) is 5.96. The van der Waals surface area contributed by atoms with Gasteiger partial charge < -0.3 is 4.90 Å². The van der Waals surface area contributed by atoms with Crippen LogP contribution in [0, 0.1) is 19.8 Å². The van der Waals surface area contributed by atoms with Gasteiger partial charge in [-0.2, -0.15) is 0 Å². The summed E-state index contributed by atoms with van der Waals surface area (Å²) in [6.07, 6.45) is 2.37. The molecule has 1 N–H and O–H groups in total. The second-order valence-electron chi connectivity index (χ2n) is 8.40. The van der Waals surface area contributed by atoms with Gasteiger partial charge in [0, 0.05) is 24.3 Å². The highest BCUT2D eigenvalue weighted by Crippen LogP contribution is 2.25. The number of anilines is 2. The van der Waals surface area contributed by atoms with Crippen molar-refractivity contribution >= 4 is 21.5 Å². The van der Waals surface area contributed by atoms with Crippen LogP contribution in [0.2, 0.25) is 0 Å². The monoisotopic (exact) mass is 436 g/mol. The Balaban J connectivity index is 1.47. The van der Waals surface area contributed by atoms with Crippen LogP contribution in [0.15, 0.2) is 59.5 Å². The zero-order valence-electron chi connectivity index (χ0n) is 18.2. The summed E-state index contributed by atoms with van der Waals surface area (Å²) in [6, 6.07) is 16.5. The van der Waals surface area contributed by atoms with Crippen LogP contribution in [0.1, 0.15) is 30.9 Å². The summed E-state index contributed by atoms with van der Waals surface area (Å²) in [5, 5.41) is 8.79. The quantitative estimate of drug-likeness (QED) is 0.622. The molecule has 0 spiro atoms. The van der Waals surface area contributed by atoms with Gasteiger partial charge in [0.15, 0.2) is 5.82 Å². The van der Waals surface area contributed by atoms with E-state index in [0.717, 1.165) is 47.2 Å². The maximum Gasteiger partial charge on any atom is 0.262 e. The first-order chi connectivity index (χ1) is 14.8. The van der Waals surface area contributed by atoms with Crippen LogP contribution < -0.4 is 9.62 Å². The number of sulfonamides is 1. The van der Waals surface area contributed by atoms with Gasteiger partial charge in [-0.05, 0) is 68.5 Å². The van der Waals surface area contributed by atoms with Crippen LogP contribution >= 0.6 is 0 Å². The van der Waals surface area contributed by atoms with Crippen LogP contribution in [-0.4, -0.2) is 31.7 Å². The number of hydrogen-bond donors (Lipinski definition) is 1. The van der Waals surface area contributed by atoms with E-state index in [4.69, 9.17) is 0 Å². The van der Waals surface area contributed by atoms with E-state index in [1.54, 1.807) is 31.2 Å². The van der Waals surface area contributed by atoms with E-state index < -0.39 is 10.0 Å². The Morgan fingerprint density at radius 1 is 0.935 bits per heavy atom. The molecule has 1 aliphatic rings. The summed E-state index contributed by atoms with van der Waals surface area (Å²) in [5.74, 6) is 1.68. The van der Waals surface area contributed by atoms with Crippen molar-refractivity contribution < 1.29 is 8.42 Å². The first kappa shape index (κ1) is 21.3. The molecular formula is C24H28N4O2S. The highest BCUT2D eigenvalue weighted by Gasteiger charge is 2.18. The van der Waals surface area contributed by atoms with Gasteiger partial charge >= 0.3 is 0 Å². The molecule has 0 aliphatic carbocycles. The summed E-state index contributed by atoms with van der Waals surface area (Å²) in [5.41, 5.74) is 3.92. The summed E-state index contributed by atoms with van der Waals surface area (Å²) in [7, 11) is -3.64. The van der Waals surface area contributed by atoms with Gasteiger partial charge in [-0.25, -0.2) is 8.42 Å². The summed E-state index contributed by atoms with van der Waals surface area (Å²) in [6.45, 7) is 8.07. The number of benzene rings is 2. The zero-order chi connectivity index (χ0) is 22.0. The predicted octanol–water partition coefficient (Wildman–Crippen LogP) is 4.80. The number of nitrogens with zero attached hydrogens (tertiary/aromatic N) is 3. The van der Waals surface area contributed by atoms with Gasteiger partial charge in [0.1, 0.15) is 0 Å². The van der Waals surface area contributed by atoms with Gasteiger partial charge in [-0.15, -0.1) is 10.2 Å². The minimum Gasteiger partial charge on any atom is -0.355 e. The van der Waals surface area contributed by atoms with Crippen LogP contribution in [-0.2, 0) is 10.0 Å². The van der Waals surface area contributed by atoms with Crippen molar-refractivity contribution in [3.8, 4) is 11.3 Å². The van der Waals surface area contributed by atoms with E-state index in [-0.39, 0.29) is 4.90 Å². The van der Waals surface area contributed by atoms with Crippen molar-refractivity contribution in [1.82, 2.24) is 10.2 Å². The third kappa shape index (κ3) is 4.88. The van der Waals surface area contributed by atoms with E-state index >= 15 is 0 Å². The van der Waals surface area contributed by atoms with Gasteiger partial charge in [0.2, 0.25) is 0 Å². The molecular weight excluding hydrogens is 408 g/mol. The highest BCUT2D eigenvalue weighted by molar-refractivity contribution is 7.92. The number of piperidine rings is 1. The van der Waals surface area contributed by atoms with Crippen molar-refractivity contribution in [2.75, 3.05) is 22.7 Å². The molecule has 0 amide bonds. The second kappa shape index (κ2) is 8.67. The van der Waals surface area contributed by atoms with Crippen molar-refractivity contribution in [2.24, 2.45) is 5.92 Å². The molecule has 1 saturated heterocycles. The van der Waals surface area contributed by atoms with Crippen LogP contribution in [0.3, 0.4) is 0 Å². The molecule has 3 aromatic rings. The van der Waals surface area contributed by atoms with Gasteiger partial charge in [-0.1, -0.05) is 36.8 Å². The third-order valence-corrected chi connectivity index (χ3v) is 7.35. The Morgan fingerprint density at radius 2 is 1.65 bits per heavy atom. The molecule has 162 valence electrons. The fourth-order valence-corrected chi connectivity index (χ4v) is 5.19. The number of aromatic nitrogens is 2. The van der Waals surface area contributed by atoms with Gasteiger partial charge in [-0.3, -0.25) is 4.72 Å². The summed E-state index contributed by atoms with van der Waals surface area (Å²) < 4.78 is 28.2. The number of aryl methyl sites for hydroxylation is 2. The van der Waals surface area contributed by atoms with E-state index in [0.29, 0.717) is 5.69 Å². The fraction of sp³-hybridized carbons (Fsp3) is 0.333. The maximum atomic E-state index is 12.8. The average Bonchev–Trinajstić information content (AvgIpc) is 2.74. The van der Waals surface area contributed by atoms with Crippen LogP contribution in [0.4, 0.5) is 11.5 Å². The predicted molar refractivity (Wildman–Crippen MR) is 125 cm³/mol. The maximum absolute atomic E-state index is 12.8. The Labute approximate surface area is 184 Å². The van der Waals surface area contributed by atoms with Crippen molar-refractivity contribution in [3.05, 3.63) is 65.7 Å². The molecule has 1 fully saturated rings. The molecule has 1 aromatic heterocycles. The Hall–Kier alpha value is -2.93. The van der Waals surface area contributed by atoms with Gasteiger partial charge in [0.25, 0.3) is 10.0 Å². The average molecular weight is 437 g/mol. The first-order valence-corrected chi connectivity index (χ1v) is 12.1. The summed E-state index contributed by atoms with van der Waals surface area (Å²) >= 11 is 0. The SMILES string of the molecule is Cc1ccc(S(=O)(=O)Nc2ccc(-c3ccc(N4CCC(C)CC4)nn3)cc2)c(C)c1. The molecule has 0 saturated carbocycles. The van der Waals surface area contributed by atoms with E-state index in [9.17, 15) is 8.42 Å². The minimum atomic E-state index is -3.64. The standard InChI is InChI=1S/C24H28N4O2S/c1-17-12-14-28(15-13-17)24-11-9-22(25-26-24)20-5-7-21(8-6-20)27-31(29,30)23-10-4-18(2)16-19(23)3/h4-11,16-17,27H,12-15H2,1-3H3. The summed E-state index contributed by atoms with van der Waals surface area (Å²) in [4.78, 5) is 2.57. The normalized spacial score (nSPS) is 15.1. The molecule has 7 heteroatoms. The van der Waals surface area contributed by atoms with Crippen LogP contribution in [0.5, 0.6) is 0 Å². The lowest BCUT2D eigenvalue weighted by Crippen LogP contribution is -2.33. The topological polar surface area (TPSA) is 75.2 Å². The lowest BCUT2D eigenvalue weighted by Gasteiger charge is -2.30. The second-order valence-corrected chi connectivity index (χ2v) is 10.0. The van der Waals surface area contributed by atoms with Crippen LogP contribution in [0.25, 0.3) is 11.3 Å². The minimum absolute atomic E-state index is 0.288. The Bertz CT molecular complexity index is 1150. The molecule has 0 unspecified atom stereocenters. The van der Waals surface area contributed by atoms with Crippen molar-refractivity contribution in [1.29, 1.82) is 0 Å². The molecule has 0 atom stereocenters. The van der Waals surface area contributed by atoms with E-state index in [1.807, 2.05) is 37.3 Å². The van der Waals surface area contributed by atoms with Crippen molar-refractivity contribution in [3.63, 3.8) is 0 Å². The van der Waals surface area contributed by atoms with Gasteiger partial charge in [0.05, 0.1) is 10.6 Å². The fourth-order valence-electron chi connectivity index (χ4n) is 3.91. The molecule has 31 heavy (non-hydrogen) atoms. The van der Waals surface area contributed by atoms with Crippen molar-refractivity contribution in [2.45, 2.75) is 38.5 Å². The number of hydrogen-bond acceptors (Lipinski definition) is 5. The number of nitrogens with one attached hydrogen (secondary N) is 1. The lowest BCUT2D eigenvalue weighted by atomic mass is 9.99. The zero-order valence-corrected chi connectivity index (χ0v) is 19.0. The smallest absolute Gasteiger partial charge is 0.262 e. The lowest BCUT2D eigenvalue weighted by molar-refractivity contribution is 0.436. The molecule has 2 aromatic carbocycles. The Morgan fingerprint density at radius 3 is 2.26 bits per heavy atom. The molecule has 2 heterocycles. The molecule has 0 radical (unpaired) electrons.